The average molecular weight is 285 g/mol. The number of hydrogen-bond donors (Lipinski definition) is 0. The first kappa shape index (κ1) is 13.9. The molecule has 0 N–H and O–H groups in total. The van der Waals surface area contributed by atoms with Crippen LogP contribution >= 0.6 is 0 Å². The third-order valence-corrected chi connectivity index (χ3v) is 3.45. The third-order valence-electron chi connectivity index (χ3n) is 3.45. The molecule has 0 fully saturated rings. The van der Waals surface area contributed by atoms with Crippen LogP contribution in [0.1, 0.15) is 16.9 Å². The van der Waals surface area contributed by atoms with Crippen molar-refractivity contribution in [2.24, 2.45) is 0 Å². The van der Waals surface area contributed by atoms with Crippen LogP contribution < -0.4 is 0 Å². The Bertz CT molecular complexity index is 833. The lowest BCUT2D eigenvalue weighted by Crippen LogP contribution is -1.81. The molecule has 2 heteroatoms. The minimum atomic E-state index is 0.592. The number of hydrogen-bond acceptors (Lipinski definition) is 2. The summed E-state index contributed by atoms with van der Waals surface area (Å²) in [4.78, 5) is 0. The van der Waals surface area contributed by atoms with E-state index in [-0.39, 0.29) is 0 Å². The van der Waals surface area contributed by atoms with Crippen molar-refractivity contribution in [3.05, 3.63) is 83.6 Å². The van der Waals surface area contributed by atoms with Crippen LogP contribution in [-0.2, 0) is 0 Å². The van der Waals surface area contributed by atoms with Crippen LogP contribution in [0, 0.1) is 18.3 Å². The van der Waals surface area contributed by atoms with Gasteiger partial charge in [-0.2, -0.15) is 5.26 Å². The topological polar surface area (TPSA) is 36.9 Å². The fourth-order valence-electron chi connectivity index (χ4n) is 2.24. The summed E-state index contributed by atoms with van der Waals surface area (Å²) in [7, 11) is 0. The summed E-state index contributed by atoms with van der Waals surface area (Å²) in [5.41, 5.74) is 3.68. The molecule has 0 aliphatic carbocycles. The van der Waals surface area contributed by atoms with Gasteiger partial charge in [-0.15, -0.1) is 0 Å². The summed E-state index contributed by atoms with van der Waals surface area (Å²) in [6.45, 7) is 2.03. The second-order valence-electron chi connectivity index (χ2n) is 5.10. The molecule has 1 aromatic heterocycles. The molecule has 0 aliphatic heterocycles. The van der Waals surface area contributed by atoms with E-state index in [9.17, 15) is 5.26 Å². The molecule has 0 bridgehead atoms. The van der Waals surface area contributed by atoms with Gasteiger partial charge in [-0.25, -0.2) is 0 Å². The number of nitrogens with zero attached hydrogens (tertiary/aromatic N) is 1. The van der Waals surface area contributed by atoms with Crippen molar-refractivity contribution in [1.29, 1.82) is 5.26 Å². The van der Waals surface area contributed by atoms with Gasteiger partial charge in [0.1, 0.15) is 11.5 Å². The lowest BCUT2D eigenvalue weighted by Gasteiger charge is -1.99. The summed E-state index contributed by atoms with van der Waals surface area (Å²) < 4.78 is 5.82. The summed E-state index contributed by atoms with van der Waals surface area (Å²) in [5.74, 6) is 1.48. The van der Waals surface area contributed by atoms with E-state index in [0.717, 1.165) is 16.9 Å². The molecule has 0 unspecified atom stereocenters. The highest BCUT2D eigenvalue weighted by Gasteiger charge is 2.05. The number of rotatable bonds is 3. The van der Waals surface area contributed by atoms with Crippen molar-refractivity contribution in [1.82, 2.24) is 0 Å². The summed E-state index contributed by atoms with van der Waals surface area (Å²) in [6.07, 6.45) is 1.77. The minimum absolute atomic E-state index is 0.592. The van der Waals surface area contributed by atoms with Crippen molar-refractivity contribution in [3.63, 3.8) is 0 Å². The predicted molar refractivity (Wildman–Crippen MR) is 88.8 cm³/mol. The predicted octanol–water partition coefficient (Wildman–Crippen LogP) is 5.32. The minimum Gasteiger partial charge on any atom is -0.457 e. The van der Waals surface area contributed by atoms with Gasteiger partial charge in [0.25, 0.3) is 0 Å². The van der Waals surface area contributed by atoms with Gasteiger partial charge in [0.15, 0.2) is 0 Å². The molecule has 3 aromatic rings. The van der Waals surface area contributed by atoms with Crippen LogP contribution in [0.2, 0.25) is 0 Å². The maximum Gasteiger partial charge on any atom is 0.134 e. The summed E-state index contributed by atoms with van der Waals surface area (Å²) >= 11 is 0. The SMILES string of the molecule is Cc1ccc(/C(C#N)=C\c2ccc(-c3ccccc3)o2)cc1. The molecule has 0 saturated heterocycles. The van der Waals surface area contributed by atoms with Crippen molar-refractivity contribution in [2.75, 3.05) is 0 Å². The Labute approximate surface area is 130 Å². The molecular weight excluding hydrogens is 270 g/mol. The van der Waals surface area contributed by atoms with E-state index in [4.69, 9.17) is 4.42 Å². The molecule has 1 heterocycles. The molecule has 0 radical (unpaired) electrons. The van der Waals surface area contributed by atoms with E-state index in [1.807, 2.05) is 73.7 Å². The van der Waals surface area contributed by atoms with E-state index in [1.165, 1.54) is 5.56 Å². The Balaban J connectivity index is 1.92. The highest BCUT2D eigenvalue weighted by atomic mass is 16.3. The Morgan fingerprint density at radius 3 is 2.36 bits per heavy atom. The Morgan fingerprint density at radius 1 is 0.955 bits per heavy atom. The molecule has 2 aromatic carbocycles. The van der Waals surface area contributed by atoms with Crippen LogP contribution in [-0.4, -0.2) is 0 Å². The van der Waals surface area contributed by atoms with Crippen LogP contribution in [0.3, 0.4) is 0 Å². The highest BCUT2D eigenvalue weighted by Crippen LogP contribution is 2.25. The van der Waals surface area contributed by atoms with Gasteiger partial charge in [0.2, 0.25) is 0 Å². The molecule has 0 saturated carbocycles. The first-order valence-electron chi connectivity index (χ1n) is 7.10. The summed E-state index contributed by atoms with van der Waals surface area (Å²) in [6, 6.07) is 23.8. The van der Waals surface area contributed by atoms with Crippen molar-refractivity contribution in [3.8, 4) is 17.4 Å². The zero-order valence-corrected chi connectivity index (χ0v) is 12.3. The van der Waals surface area contributed by atoms with Crippen LogP contribution in [0.5, 0.6) is 0 Å². The largest absolute Gasteiger partial charge is 0.457 e. The molecule has 0 spiro atoms. The quantitative estimate of drug-likeness (QED) is 0.611. The van der Waals surface area contributed by atoms with Gasteiger partial charge >= 0.3 is 0 Å². The number of allylic oxidation sites excluding steroid dienone is 1. The summed E-state index contributed by atoms with van der Waals surface area (Å²) in [5, 5.41) is 9.37. The zero-order valence-electron chi connectivity index (χ0n) is 12.3. The fourth-order valence-corrected chi connectivity index (χ4v) is 2.24. The number of aryl methyl sites for hydroxylation is 1. The Kier molecular flexibility index (Phi) is 3.89. The Morgan fingerprint density at radius 2 is 1.68 bits per heavy atom. The van der Waals surface area contributed by atoms with Gasteiger partial charge in [-0.3, -0.25) is 0 Å². The molecule has 0 aliphatic rings. The van der Waals surface area contributed by atoms with Crippen LogP contribution in [0.15, 0.2) is 71.1 Å². The lowest BCUT2D eigenvalue weighted by atomic mass is 10.0. The molecule has 106 valence electrons. The van der Waals surface area contributed by atoms with Crippen molar-refractivity contribution >= 4 is 11.6 Å². The molecule has 0 atom stereocenters. The number of furan rings is 1. The second kappa shape index (κ2) is 6.15. The molecule has 22 heavy (non-hydrogen) atoms. The van der Waals surface area contributed by atoms with Gasteiger partial charge in [-0.05, 0) is 30.7 Å². The van der Waals surface area contributed by atoms with Crippen LogP contribution in [0.4, 0.5) is 0 Å². The maximum atomic E-state index is 9.37. The zero-order chi connectivity index (χ0) is 15.4. The lowest BCUT2D eigenvalue weighted by molar-refractivity contribution is 0.572. The van der Waals surface area contributed by atoms with E-state index >= 15 is 0 Å². The highest BCUT2D eigenvalue weighted by molar-refractivity contribution is 5.88. The smallest absolute Gasteiger partial charge is 0.134 e. The average Bonchev–Trinajstić information content (AvgIpc) is 3.03. The van der Waals surface area contributed by atoms with Gasteiger partial charge in [-0.1, -0.05) is 60.2 Å². The van der Waals surface area contributed by atoms with E-state index in [1.54, 1.807) is 6.08 Å². The number of nitriles is 1. The third kappa shape index (κ3) is 2.99. The second-order valence-corrected chi connectivity index (χ2v) is 5.10. The monoisotopic (exact) mass is 285 g/mol. The first-order valence-corrected chi connectivity index (χ1v) is 7.10. The fraction of sp³-hybridized carbons (Fsp3) is 0.0500. The first-order chi connectivity index (χ1) is 10.8. The molecular formula is C20H15NO. The van der Waals surface area contributed by atoms with Gasteiger partial charge in [0, 0.05) is 5.56 Å². The molecule has 0 amide bonds. The standard InChI is InChI=1S/C20H15NO/c1-15-7-9-16(10-8-15)18(14-21)13-19-11-12-20(22-19)17-5-3-2-4-6-17/h2-13H,1H3/b18-13-. The van der Waals surface area contributed by atoms with E-state index in [0.29, 0.717) is 11.3 Å². The molecule has 2 nitrogen and oxygen atoms in total. The van der Waals surface area contributed by atoms with E-state index in [2.05, 4.69) is 6.07 Å². The van der Waals surface area contributed by atoms with Crippen LogP contribution in [0.25, 0.3) is 23.0 Å². The maximum absolute atomic E-state index is 9.37. The van der Waals surface area contributed by atoms with Gasteiger partial charge in [0.05, 0.1) is 11.6 Å². The number of benzene rings is 2. The normalized spacial score (nSPS) is 11.2. The Hall–Kier alpha value is -3.05. The van der Waals surface area contributed by atoms with Crippen molar-refractivity contribution in [2.45, 2.75) is 6.92 Å². The van der Waals surface area contributed by atoms with Crippen molar-refractivity contribution < 1.29 is 4.42 Å². The van der Waals surface area contributed by atoms with E-state index < -0.39 is 0 Å². The van der Waals surface area contributed by atoms with Gasteiger partial charge < -0.3 is 4.42 Å². The molecule has 3 rings (SSSR count).